The molecule has 2 aromatic heterocycles. The zero-order valence-corrected chi connectivity index (χ0v) is 10.8. The van der Waals surface area contributed by atoms with Crippen LogP contribution in [0.5, 0.6) is 0 Å². The Kier molecular flexibility index (Phi) is 2.83. The number of rotatable bonds is 3. The Morgan fingerprint density at radius 2 is 1.95 bits per heavy atom. The van der Waals surface area contributed by atoms with Gasteiger partial charge >= 0.3 is 0 Å². The second-order valence-electron chi connectivity index (χ2n) is 4.29. The first-order valence-electron chi connectivity index (χ1n) is 6.16. The normalized spacial score (nSPS) is 10.8. The number of hydrogen-bond acceptors (Lipinski definition) is 5. The van der Waals surface area contributed by atoms with Crippen molar-refractivity contribution in [2.45, 2.75) is 20.4 Å². The topological polar surface area (TPSA) is 68.5 Å². The Hall–Kier alpha value is -2.50. The lowest BCUT2D eigenvalue weighted by molar-refractivity contribution is 0.641. The van der Waals surface area contributed by atoms with Crippen LogP contribution in [-0.2, 0) is 6.54 Å². The van der Waals surface area contributed by atoms with E-state index in [4.69, 9.17) is 0 Å². The van der Waals surface area contributed by atoms with E-state index in [0.29, 0.717) is 11.3 Å². The largest absolute Gasteiger partial charge is 0.338 e. The molecule has 3 rings (SSSR count). The number of nitrogens with zero attached hydrogens (tertiary/aromatic N) is 5. The molecule has 0 fully saturated rings. The Labute approximate surface area is 110 Å². The fraction of sp³-hybridized carbons (Fsp3) is 0.231. The smallest absolute Gasteiger partial charge is 0.183 e. The summed E-state index contributed by atoms with van der Waals surface area (Å²) in [7, 11) is 0. The Balaban J connectivity index is 2.01. The highest BCUT2D eigenvalue weighted by Gasteiger charge is 2.10. The Bertz CT molecular complexity index is 701. The molecule has 19 heavy (non-hydrogen) atoms. The molecule has 0 amide bonds. The minimum absolute atomic E-state index is 0.675. The predicted octanol–water partition coefficient (Wildman–Crippen LogP) is 2.29. The third kappa shape index (κ3) is 2.12. The maximum atomic E-state index is 4.23. The molecule has 6 heteroatoms. The van der Waals surface area contributed by atoms with Crippen LogP contribution in [0.1, 0.15) is 12.5 Å². The average molecular weight is 254 g/mol. The van der Waals surface area contributed by atoms with Crippen LogP contribution in [-0.4, -0.2) is 25.0 Å². The molecule has 0 bridgehead atoms. The quantitative estimate of drug-likeness (QED) is 0.776. The van der Waals surface area contributed by atoms with Crippen LogP contribution < -0.4 is 5.32 Å². The highest BCUT2D eigenvalue weighted by Crippen LogP contribution is 2.20. The van der Waals surface area contributed by atoms with Gasteiger partial charge in [0.2, 0.25) is 0 Å². The third-order valence-corrected chi connectivity index (χ3v) is 2.91. The first kappa shape index (κ1) is 11.6. The molecule has 0 saturated carbocycles. The summed E-state index contributed by atoms with van der Waals surface area (Å²) in [4.78, 5) is 8.45. The minimum atomic E-state index is 0.675. The second kappa shape index (κ2) is 4.64. The molecule has 0 saturated heterocycles. The van der Waals surface area contributed by atoms with Crippen LogP contribution in [0.2, 0.25) is 0 Å². The monoisotopic (exact) mass is 254 g/mol. The number of hydrogen-bond donors (Lipinski definition) is 1. The van der Waals surface area contributed by atoms with Crippen LogP contribution in [0, 0.1) is 6.92 Å². The molecular formula is C13H14N6. The number of aryl methyl sites for hydroxylation is 2. The van der Waals surface area contributed by atoms with Crippen molar-refractivity contribution in [3.05, 3.63) is 36.2 Å². The van der Waals surface area contributed by atoms with Gasteiger partial charge in [-0.2, -0.15) is 0 Å². The molecule has 3 aromatic rings. The van der Waals surface area contributed by atoms with Gasteiger partial charge in [-0.25, -0.2) is 14.6 Å². The molecule has 0 aliphatic carbocycles. The van der Waals surface area contributed by atoms with Crippen molar-refractivity contribution in [1.29, 1.82) is 0 Å². The molecule has 1 aromatic carbocycles. The van der Waals surface area contributed by atoms with Crippen molar-refractivity contribution in [3.63, 3.8) is 0 Å². The van der Waals surface area contributed by atoms with Crippen molar-refractivity contribution in [2.75, 3.05) is 5.32 Å². The van der Waals surface area contributed by atoms with Gasteiger partial charge in [-0.15, -0.1) is 5.10 Å². The molecule has 0 unspecified atom stereocenters. The average Bonchev–Trinajstić information content (AvgIpc) is 2.85. The summed E-state index contributed by atoms with van der Waals surface area (Å²) < 4.78 is 1.75. The van der Waals surface area contributed by atoms with Crippen molar-refractivity contribution >= 4 is 22.7 Å². The van der Waals surface area contributed by atoms with Gasteiger partial charge in [0.05, 0.1) is 0 Å². The lowest BCUT2D eigenvalue weighted by Crippen LogP contribution is -1.99. The van der Waals surface area contributed by atoms with E-state index >= 15 is 0 Å². The van der Waals surface area contributed by atoms with Crippen LogP contribution in [0.4, 0.5) is 11.5 Å². The van der Waals surface area contributed by atoms with Crippen molar-refractivity contribution < 1.29 is 0 Å². The first-order valence-corrected chi connectivity index (χ1v) is 6.16. The van der Waals surface area contributed by atoms with Gasteiger partial charge in [-0.3, -0.25) is 0 Å². The number of benzene rings is 1. The fourth-order valence-corrected chi connectivity index (χ4v) is 1.87. The maximum Gasteiger partial charge on any atom is 0.183 e. The molecule has 0 aliphatic heterocycles. The summed E-state index contributed by atoms with van der Waals surface area (Å²) in [6.07, 6.45) is 1.52. The summed E-state index contributed by atoms with van der Waals surface area (Å²) in [5, 5.41) is 11.4. The summed E-state index contributed by atoms with van der Waals surface area (Å²) in [6, 6.07) is 8.11. The molecule has 1 N–H and O–H groups in total. The molecule has 2 heterocycles. The van der Waals surface area contributed by atoms with Crippen LogP contribution in [0.3, 0.4) is 0 Å². The van der Waals surface area contributed by atoms with E-state index in [-0.39, 0.29) is 0 Å². The van der Waals surface area contributed by atoms with E-state index in [1.165, 1.54) is 11.9 Å². The van der Waals surface area contributed by atoms with Crippen LogP contribution in [0.15, 0.2) is 30.6 Å². The number of fused-ring (bicyclic) bond motifs is 1. The van der Waals surface area contributed by atoms with Gasteiger partial charge in [0.15, 0.2) is 17.0 Å². The zero-order valence-electron chi connectivity index (χ0n) is 10.8. The lowest BCUT2D eigenvalue weighted by atomic mass is 10.2. The molecule has 6 nitrogen and oxygen atoms in total. The van der Waals surface area contributed by atoms with Gasteiger partial charge in [0.1, 0.15) is 6.33 Å². The molecular weight excluding hydrogens is 240 g/mol. The molecule has 0 radical (unpaired) electrons. The summed E-state index contributed by atoms with van der Waals surface area (Å²) in [5.41, 5.74) is 3.61. The third-order valence-electron chi connectivity index (χ3n) is 2.91. The molecule has 0 aliphatic rings. The standard InChI is InChI=1S/C13H14N6/c1-3-19-13-11(17-18-19)12(14-8-15-13)16-10-6-4-9(2)5-7-10/h4-8H,3H2,1-2H3,(H,14,15,16). The van der Waals surface area contributed by atoms with E-state index in [1.54, 1.807) is 4.68 Å². The lowest BCUT2D eigenvalue weighted by Gasteiger charge is -2.05. The Morgan fingerprint density at radius 3 is 2.68 bits per heavy atom. The van der Waals surface area contributed by atoms with Crippen molar-refractivity contribution in [1.82, 2.24) is 25.0 Å². The van der Waals surface area contributed by atoms with E-state index in [1.807, 2.05) is 31.2 Å². The van der Waals surface area contributed by atoms with Gasteiger partial charge in [-0.1, -0.05) is 22.9 Å². The van der Waals surface area contributed by atoms with Crippen molar-refractivity contribution in [2.24, 2.45) is 0 Å². The van der Waals surface area contributed by atoms with E-state index < -0.39 is 0 Å². The first-order chi connectivity index (χ1) is 9.28. The molecule has 0 atom stereocenters. The van der Waals surface area contributed by atoms with Gasteiger partial charge in [0, 0.05) is 12.2 Å². The fourth-order valence-electron chi connectivity index (χ4n) is 1.87. The second-order valence-corrected chi connectivity index (χ2v) is 4.29. The molecule has 0 spiro atoms. The number of nitrogens with one attached hydrogen (secondary N) is 1. The van der Waals surface area contributed by atoms with Gasteiger partial charge < -0.3 is 5.32 Å². The Morgan fingerprint density at radius 1 is 1.16 bits per heavy atom. The number of aromatic nitrogens is 5. The highest BCUT2D eigenvalue weighted by atomic mass is 15.4. The minimum Gasteiger partial charge on any atom is -0.338 e. The predicted molar refractivity (Wildman–Crippen MR) is 73.3 cm³/mol. The van der Waals surface area contributed by atoms with E-state index in [0.717, 1.165) is 17.9 Å². The highest BCUT2D eigenvalue weighted by molar-refractivity contribution is 5.84. The van der Waals surface area contributed by atoms with Gasteiger partial charge in [0.25, 0.3) is 0 Å². The van der Waals surface area contributed by atoms with Crippen LogP contribution >= 0.6 is 0 Å². The summed E-state index contributed by atoms with van der Waals surface area (Å²) in [6.45, 7) is 4.79. The maximum absolute atomic E-state index is 4.23. The summed E-state index contributed by atoms with van der Waals surface area (Å²) >= 11 is 0. The van der Waals surface area contributed by atoms with Gasteiger partial charge in [-0.05, 0) is 26.0 Å². The van der Waals surface area contributed by atoms with Crippen LogP contribution in [0.25, 0.3) is 11.2 Å². The van der Waals surface area contributed by atoms with E-state index in [2.05, 4.69) is 32.5 Å². The van der Waals surface area contributed by atoms with E-state index in [9.17, 15) is 0 Å². The molecule has 96 valence electrons. The summed E-state index contributed by atoms with van der Waals surface area (Å²) in [5.74, 6) is 0.675. The number of anilines is 2. The SMILES string of the molecule is CCn1nnc2c(Nc3ccc(C)cc3)ncnc21. The zero-order chi connectivity index (χ0) is 13.2. The van der Waals surface area contributed by atoms with Crippen molar-refractivity contribution in [3.8, 4) is 0 Å².